The fraction of sp³-hybridized carbons (Fsp3) is 0.857. The van der Waals surface area contributed by atoms with Crippen molar-refractivity contribution in [3.63, 3.8) is 0 Å². The highest BCUT2D eigenvalue weighted by Crippen LogP contribution is 2.05. The first-order chi connectivity index (χ1) is 6.31. The highest BCUT2D eigenvalue weighted by atomic mass is 32.2. The third-order valence-corrected chi connectivity index (χ3v) is 5.07. The molecule has 2 unspecified atom stereocenters. The normalized spacial score (nSPS) is 16.2. The molecule has 84 valence electrons. The van der Waals surface area contributed by atoms with E-state index < -0.39 is 15.3 Å². The van der Waals surface area contributed by atoms with Gasteiger partial charge in [-0.3, -0.25) is 0 Å². The molecule has 0 aliphatic rings. The molecule has 14 heavy (non-hydrogen) atoms. The van der Waals surface area contributed by atoms with Crippen LogP contribution in [0.2, 0.25) is 0 Å². The maximum Gasteiger partial charge on any atom is 0.220 e. The van der Waals surface area contributed by atoms with Crippen LogP contribution in [0.15, 0.2) is 0 Å². The lowest BCUT2D eigenvalue weighted by Gasteiger charge is -2.14. The summed E-state index contributed by atoms with van der Waals surface area (Å²) in [6, 6.07) is 0. The molecule has 0 heterocycles. The van der Waals surface area contributed by atoms with Crippen LogP contribution in [0.3, 0.4) is 0 Å². The molecule has 0 aromatic heterocycles. The van der Waals surface area contributed by atoms with Crippen LogP contribution in [0.25, 0.3) is 0 Å². The Morgan fingerprint density at radius 2 is 2.07 bits per heavy atom. The lowest BCUT2D eigenvalue weighted by Crippen LogP contribution is -2.41. The van der Waals surface area contributed by atoms with Gasteiger partial charge in [-0.2, -0.15) is 11.8 Å². The summed E-state index contributed by atoms with van der Waals surface area (Å²) < 4.78 is 25.5. The summed E-state index contributed by atoms with van der Waals surface area (Å²) >= 11 is 6.22. The van der Waals surface area contributed by atoms with E-state index in [4.69, 9.17) is 5.73 Å². The van der Waals surface area contributed by atoms with Gasteiger partial charge < -0.3 is 5.73 Å². The van der Waals surface area contributed by atoms with Crippen LogP contribution >= 0.6 is 24.0 Å². The average molecular weight is 256 g/mol. The van der Waals surface area contributed by atoms with E-state index >= 15 is 0 Å². The number of nitrogens with two attached hydrogens (primary N) is 1. The number of thiocarbonyl (C=S) groups is 1. The van der Waals surface area contributed by atoms with E-state index in [2.05, 4.69) is 16.9 Å². The third kappa shape index (κ3) is 4.59. The van der Waals surface area contributed by atoms with Gasteiger partial charge in [-0.1, -0.05) is 19.1 Å². The van der Waals surface area contributed by atoms with Crippen molar-refractivity contribution in [2.45, 2.75) is 24.3 Å². The first-order valence-corrected chi connectivity index (χ1v) is 7.36. The van der Waals surface area contributed by atoms with Gasteiger partial charge in [0.25, 0.3) is 0 Å². The molecule has 0 aliphatic carbocycles. The van der Waals surface area contributed by atoms with Crippen molar-refractivity contribution < 1.29 is 8.42 Å². The van der Waals surface area contributed by atoms with Crippen LogP contribution in [-0.4, -0.2) is 36.7 Å². The molecule has 3 N–H and O–H groups in total. The Labute approximate surface area is 95.1 Å². The summed E-state index contributed by atoms with van der Waals surface area (Å²) in [7, 11) is -3.39. The van der Waals surface area contributed by atoms with E-state index in [1.165, 1.54) is 6.92 Å². The molecule has 4 nitrogen and oxygen atoms in total. The van der Waals surface area contributed by atoms with E-state index in [0.717, 1.165) is 0 Å². The third-order valence-electron chi connectivity index (χ3n) is 1.84. The monoisotopic (exact) mass is 256 g/mol. The van der Waals surface area contributed by atoms with Crippen molar-refractivity contribution in [1.82, 2.24) is 4.72 Å². The maximum atomic E-state index is 11.5. The van der Waals surface area contributed by atoms with Gasteiger partial charge in [0.05, 0.1) is 4.99 Å². The molecule has 7 heteroatoms. The zero-order valence-corrected chi connectivity index (χ0v) is 10.9. The van der Waals surface area contributed by atoms with E-state index in [-0.39, 0.29) is 10.2 Å². The first kappa shape index (κ1) is 14.2. The number of sulfonamides is 1. The molecule has 0 saturated heterocycles. The largest absolute Gasteiger partial charge is 0.392 e. The fourth-order valence-corrected chi connectivity index (χ4v) is 2.37. The minimum atomic E-state index is -3.39. The Kier molecular flexibility index (Phi) is 5.96. The molecule has 0 aliphatic heterocycles. The van der Waals surface area contributed by atoms with Gasteiger partial charge in [0.15, 0.2) is 0 Å². The number of rotatable bonds is 6. The minimum absolute atomic E-state index is 0.00527. The lowest BCUT2D eigenvalue weighted by molar-refractivity contribution is 0.578. The van der Waals surface area contributed by atoms with Crippen molar-refractivity contribution >= 4 is 39.0 Å². The van der Waals surface area contributed by atoms with Crippen LogP contribution in [-0.2, 0) is 10.0 Å². The van der Waals surface area contributed by atoms with Crippen LogP contribution in [0.4, 0.5) is 0 Å². The predicted octanol–water partition coefficient (Wildman–Crippen LogP) is 0.332. The van der Waals surface area contributed by atoms with Crippen molar-refractivity contribution in [2.24, 2.45) is 5.73 Å². The molecule has 2 atom stereocenters. The van der Waals surface area contributed by atoms with Crippen molar-refractivity contribution in [1.29, 1.82) is 0 Å². The zero-order chi connectivity index (χ0) is 11.4. The molecule has 0 spiro atoms. The van der Waals surface area contributed by atoms with Gasteiger partial charge in [-0.25, -0.2) is 13.1 Å². The molecular weight excluding hydrogens is 240 g/mol. The van der Waals surface area contributed by atoms with Crippen LogP contribution in [0.5, 0.6) is 0 Å². The standard InChI is InChI=1S/C7H16N2O2S3/c1-5(13-3)4-9-14(10,11)6(2)7(8)12/h5-6,9H,4H2,1-3H3,(H2,8,12). The van der Waals surface area contributed by atoms with Gasteiger partial charge in [-0.05, 0) is 13.2 Å². The smallest absolute Gasteiger partial charge is 0.220 e. The molecule has 0 bridgehead atoms. The van der Waals surface area contributed by atoms with E-state index in [1.807, 2.05) is 13.2 Å². The Morgan fingerprint density at radius 1 is 1.57 bits per heavy atom. The van der Waals surface area contributed by atoms with Crippen LogP contribution in [0, 0.1) is 0 Å². The molecule has 0 aromatic carbocycles. The Balaban J connectivity index is 4.29. The second-order valence-corrected chi connectivity index (χ2v) is 6.82. The molecule has 0 saturated carbocycles. The minimum Gasteiger partial charge on any atom is -0.392 e. The SMILES string of the molecule is CSC(C)CNS(=O)(=O)C(C)C(N)=S. The predicted molar refractivity (Wildman–Crippen MR) is 66.1 cm³/mol. The van der Waals surface area contributed by atoms with Crippen LogP contribution in [0.1, 0.15) is 13.8 Å². The van der Waals surface area contributed by atoms with Gasteiger partial charge >= 0.3 is 0 Å². The summed E-state index contributed by atoms with van der Waals surface area (Å²) in [5.41, 5.74) is 5.27. The second kappa shape index (κ2) is 5.89. The highest BCUT2D eigenvalue weighted by molar-refractivity contribution is 7.99. The number of nitrogens with one attached hydrogen (secondary N) is 1. The van der Waals surface area contributed by atoms with E-state index in [9.17, 15) is 8.42 Å². The van der Waals surface area contributed by atoms with E-state index in [0.29, 0.717) is 6.54 Å². The first-order valence-electron chi connectivity index (χ1n) is 4.12. The molecular formula is C7H16N2O2S3. The summed E-state index contributed by atoms with van der Waals surface area (Å²) in [5, 5.41) is -0.574. The topological polar surface area (TPSA) is 72.2 Å². The summed E-state index contributed by atoms with van der Waals surface area (Å²) in [6.45, 7) is 3.82. The fourth-order valence-electron chi connectivity index (χ4n) is 0.595. The highest BCUT2D eigenvalue weighted by Gasteiger charge is 2.22. The Bertz CT molecular complexity index is 289. The summed E-state index contributed by atoms with van der Waals surface area (Å²) in [5.74, 6) is 0. The lowest BCUT2D eigenvalue weighted by atomic mass is 10.5. The van der Waals surface area contributed by atoms with Crippen LogP contribution < -0.4 is 10.5 Å². The molecule has 0 radical (unpaired) electrons. The molecule has 0 rings (SSSR count). The molecule has 0 amide bonds. The number of thioether (sulfide) groups is 1. The summed E-state index contributed by atoms with van der Waals surface area (Å²) in [4.78, 5) is -0.00527. The Morgan fingerprint density at radius 3 is 2.43 bits per heavy atom. The molecule has 0 fully saturated rings. The van der Waals surface area contributed by atoms with Gasteiger partial charge in [-0.15, -0.1) is 0 Å². The zero-order valence-electron chi connectivity index (χ0n) is 8.48. The van der Waals surface area contributed by atoms with Crippen molar-refractivity contribution in [3.8, 4) is 0 Å². The van der Waals surface area contributed by atoms with Crippen molar-refractivity contribution in [2.75, 3.05) is 12.8 Å². The quantitative estimate of drug-likeness (QED) is 0.670. The second-order valence-electron chi connectivity index (χ2n) is 2.98. The average Bonchev–Trinajstić information content (AvgIpc) is 2.12. The Hall–Kier alpha value is 0.150. The molecule has 0 aromatic rings. The number of hydrogen-bond acceptors (Lipinski definition) is 4. The van der Waals surface area contributed by atoms with Gasteiger partial charge in [0.1, 0.15) is 5.25 Å². The summed E-state index contributed by atoms with van der Waals surface area (Å²) in [6.07, 6.45) is 1.93. The number of hydrogen-bond donors (Lipinski definition) is 2. The van der Waals surface area contributed by atoms with E-state index in [1.54, 1.807) is 11.8 Å². The van der Waals surface area contributed by atoms with Gasteiger partial charge in [0, 0.05) is 11.8 Å². The van der Waals surface area contributed by atoms with Gasteiger partial charge in [0.2, 0.25) is 10.0 Å². The van der Waals surface area contributed by atoms with Crippen molar-refractivity contribution in [3.05, 3.63) is 0 Å². The maximum absolute atomic E-state index is 11.5.